The van der Waals surface area contributed by atoms with Gasteiger partial charge in [0.05, 0.1) is 22.0 Å². The van der Waals surface area contributed by atoms with Crippen molar-refractivity contribution in [2.24, 2.45) is 0 Å². The number of aromatic nitrogens is 2. The number of nitriles is 1. The number of benzene rings is 2. The number of imidazole rings is 1. The summed E-state index contributed by atoms with van der Waals surface area (Å²) in [6, 6.07) is 18.5. The Labute approximate surface area is 179 Å². The van der Waals surface area contributed by atoms with Crippen molar-refractivity contribution in [3.63, 3.8) is 0 Å². The Morgan fingerprint density at radius 3 is 3.00 bits per heavy atom. The van der Waals surface area contributed by atoms with Crippen LogP contribution in [0, 0.1) is 11.3 Å². The Bertz CT molecular complexity index is 1420. The maximum absolute atomic E-state index is 12.7. The molecule has 0 saturated heterocycles. The first-order valence-corrected chi connectivity index (χ1v) is 10.8. The molecule has 0 fully saturated rings. The van der Waals surface area contributed by atoms with Gasteiger partial charge in [0.1, 0.15) is 17.2 Å². The number of thiophene rings is 1. The van der Waals surface area contributed by atoms with Gasteiger partial charge in [-0.2, -0.15) is 5.26 Å². The Morgan fingerprint density at radius 2 is 2.10 bits per heavy atom. The van der Waals surface area contributed by atoms with Crippen molar-refractivity contribution in [2.75, 3.05) is 5.32 Å². The van der Waals surface area contributed by atoms with Crippen molar-refractivity contribution in [3.8, 4) is 11.8 Å². The minimum atomic E-state index is -0.180. The standard InChI is InChI=1S/C22H14N4O2S2/c23-12-14-3-1-4-15(9-14)13-28-17-6-2-5-16(10-17)24-20(27)19-11-18-21(30-19)25-22-26(18)7-8-29-22/h1-11H,13H2,(H,24,27). The average molecular weight is 431 g/mol. The zero-order valence-corrected chi connectivity index (χ0v) is 17.2. The number of carbonyl (C=O) groups is 1. The monoisotopic (exact) mass is 430 g/mol. The SMILES string of the molecule is N#Cc1cccc(COc2cccc(NC(=O)c3cc4c(nc5sccn54)s3)c2)c1. The summed E-state index contributed by atoms with van der Waals surface area (Å²) >= 11 is 2.94. The fourth-order valence-electron chi connectivity index (χ4n) is 3.11. The predicted octanol–water partition coefficient (Wildman–Crippen LogP) is 5.31. The van der Waals surface area contributed by atoms with E-state index in [1.54, 1.807) is 29.5 Å². The quantitative estimate of drug-likeness (QED) is 0.410. The van der Waals surface area contributed by atoms with Gasteiger partial charge in [-0.3, -0.25) is 9.20 Å². The summed E-state index contributed by atoms with van der Waals surface area (Å²) in [5.74, 6) is 0.457. The van der Waals surface area contributed by atoms with Crippen molar-refractivity contribution in [3.05, 3.63) is 82.2 Å². The Morgan fingerprint density at radius 1 is 1.20 bits per heavy atom. The third kappa shape index (κ3) is 3.52. The molecule has 0 aliphatic heterocycles. The van der Waals surface area contributed by atoms with Gasteiger partial charge in [-0.1, -0.05) is 18.2 Å². The van der Waals surface area contributed by atoms with E-state index in [-0.39, 0.29) is 5.91 Å². The second-order valence-corrected chi connectivity index (χ2v) is 8.45. The van der Waals surface area contributed by atoms with Crippen LogP contribution in [-0.2, 0) is 6.61 Å². The molecule has 5 rings (SSSR count). The molecule has 0 radical (unpaired) electrons. The van der Waals surface area contributed by atoms with Crippen LogP contribution in [0.3, 0.4) is 0 Å². The summed E-state index contributed by atoms with van der Waals surface area (Å²) in [6.45, 7) is 0.340. The fraction of sp³-hybridized carbons (Fsp3) is 0.0455. The van der Waals surface area contributed by atoms with E-state index in [4.69, 9.17) is 10.00 Å². The van der Waals surface area contributed by atoms with E-state index in [0.29, 0.717) is 28.5 Å². The first kappa shape index (κ1) is 18.4. The van der Waals surface area contributed by atoms with Crippen LogP contribution in [0.25, 0.3) is 15.3 Å². The summed E-state index contributed by atoms with van der Waals surface area (Å²) in [7, 11) is 0. The molecule has 2 aromatic carbocycles. The average Bonchev–Trinajstić information content (AvgIpc) is 3.45. The second-order valence-electron chi connectivity index (χ2n) is 6.55. The number of amides is 1. The number of rotatable bonds is 5. The first-order chi connectivity index (χ1) is 14.7. The predicted molar refractivity (Wildman–Crippen MR) is 118 cm³/mol. The van der Waals surface area contributed by atoms with Gasteiger partial charge in [0.2, 0.25) is 0 Å². The highest BCUT2D eigenvalue weighted by atomic mass is 32.1. The largest absolute Gasteiger partial charge is 0.489 e. The number of anilines is 1. The van der Waals surface area contributed by atoms with Crippen LogP contribution >= 0.6 is 22.7 Å². The van der Waals surface area contributed by atoms with Crippen molar-refractivity contribution in [2.45, 2.75) is 6.61 Å². The lowest BCUT2D eigenvalue weighted by molar-refractivity contribution is 0.103. The Kier molecular flexibility index (Phi) is 4.67. The molecule has 30 heavy (non-hydrogen) atoms. The number of carbonyl (C=O) groups excluding carboxylic acids is 1. The third-order valence-corrected chi connectivity index (χ3v) is 6.29. The Hall–Kier alpha value is -3.67. The number of nitrogens with zero attached hydrogens (tertiary/aromatic N) is 3. The Balaban J connectivity index is 1.29. The minimum Gasteiger partial charge on any atom is -0.489 e. The molecule has 1 N–H and O–H groups in total. The van der Waals surface area contributed by atoms with E-state index in [1.165, 1.54) is 11.3 Å². The summed E-state index contributed by atoms with van der Waals surface area (Å²) in [6.07, 6.45) is 1.96. The first-order valence-electron chi connectivity index (χ1n) is 9.08. The minimum absolute atomic E-state index is 0.180. The lowest BCUT2D eigenvalue weighted by atomic mass is 10.1. The zero-order chi connectivity index (χ0) is 20.5. The molecule has 0 spiro atoms. The van der Waals surface area contributed by atoms with Gasteiger partial charge in [0.25, 0.3) is 5.91 Å². The molecule has 6 nitrogen and oxygen atoms in total. The highest BCUT2D eigenvalue weighted by Crippen LogP contribution is 2.29. The van der Waals surface area contributed by atoms with Crippen molar-refractivity contribution in [1.82, 2.24) is 9.38 Å². The summed E-state index contributed by atoms with van der Waals surface area (Å²) in [4.78, 5) is 19.6. The number of nitrogens with one attached hydrogen (secondary N) is 1. The van der Waals surface area contributed by atoms with Crippen LogP contribution in [0.15, 0.2) is 66.2 Å². The molecule has 8 heteroatoms. The van der Waals surface area contributed by atoms with Gasteiger partial charge < -0.3 is 10.1 Å². The number of thiazole rings is 1. The molecule has 146 valence electrons. The van der Waals surface area contributed by atoms with Gasteiger partial charge in [0.15, 0.2) is 4.96 Å². The van der Waals surface area contributed by atoms with Gasteiger partial charge in [0, 0.05) is 23.3 Å². The highest BCUT2D eigenvalue weighted by Gasteiger charge is 2.15. The molecule has 0 aliphatic rings. The molecule has 0 bridgehead atoms. The maximum atomic E-state index is 12.7. The topological polar surface area (TPSA) is 79.4 Å². The molecule has 0 saturated carbocycles. The third-order valence-electron chi connectivity index (χ3n) is 4.52. The summed E-state index contributed by atoms with van der Waals surface area (Å²) in [5, 5.41) is 13.9. The molecular weight excluding hydrogens is 416 g/mol. The summed E-state index contributed by atoms with van der Waals surface area (Å²) < 4.78 is 7.81. The number of hydrogen-bond acceptors (Lipinski definition) is 6. The molecule has 0 unspecified atom stereocenters. The van der Waals surface area contributed by atoms with Crippen LogP contribution in [0.1, 0.15) is 20.8 Å². The molecule has 0 aliphatic carbocycles. The zero-order valence-electron chi connectivity index (χ0n) is 15.5. The molecule has 0 atom stereocenters. The van der Waals surface area contributed by atoms with E-state index in [9.17, 15) is 4.79 Å². The van der Waals surface area contributed by atoms with Crippen LogP contribution in [-0.4, -0.2) is 15.3 Å². The van der Waals surface area contributed by atoms with Gasteiger partial charge in [-0.05, 0) is 35.9 Å². The van der Waals surface area contributed by atoms with Gasteiger partial charge >= 0.3 is 0 Å². The van der Waals surface area contributed by atoms with Crippen molar-refractivity contribution < 1.29 is 9.53 Å². The van der Waals surface area contributed by atoms with Crippen LogP contribution in [0.4, 0.5) is 5.69 Å². The normalized spacial score (nSPS) is 10.9. The van der Waals surface area contributed by atoms with E-state index in [0.717, 1.165) is 20.9 Å². The summed E-state index contributed by atoms with van der Waals surface area (Å²) in [5.41, 5.74) is 3.10. The van der Waals surface area contributed by atoms with E-state index in [1.807, 2.05) is 52.4 Å². The van der Waals surface area contributed by atoms with E-state index < -0.39 is 0 Å². The smallest absolute Gasteiger partial charge is 0.265 e. The lowest BCUT2D eigenvalue weighted by Gasteiger charge is -2.09. The highest BCUT2D eigenvalue weighted by molar-refractivity contribution is 7.21. The van der Waals surface area contributed by atoms with Crippen molar-refractivity contribution >= 4 is 49.6 Å². The number of fused-ring (bicyclic) bond motifs is 3. The van der Waals surface area contributed by atoms with Crippen LogP contribution in [0.2, 0.25) is 0 Å². The van der Waals surface area contributed by atoms with E-state index in [2.05, 4.69) is 16.4 Å². The molecular formula is C22H14N4O2S2. The molecule has 5 aromatic rings. The fourth-order valence-corrected chi connectivity index (χ4v) is 4.81. The second kappa shape index (κ2) is 7.63. The van der Waals surface area contributed by atoms with E-state index >= 15 is 0 Å². The van der Waals surface area contributed by atoms with Crippen molar-refractivity contribution in [1.29, 1.82) is 5.26 Å². The van der Waals surface area contributed by atoms with Gasteiger partial charge in [-0.15, -0.1) is 22.7 Å². The molecule has 1 amide bonds. The van der Waals surface area contributed by atoms with Crippen LogP contribution in [0.5, 0.6) is 5.75 Å². The molecule has 3 aromatic heterocycles. The number of ether oxygens (including phenoxy) is 1. The lowest BCUT2D eigenvalue weighted by Crippen LogP contribution is -2.10. The molecule has 3 heterocycles. The van der Waals surface area contributed by atoms with Gasteiger partial charge in [-0.25, -0.2) is 4.98 Å². The van der Waals surface area contributed by atoms with Crippen LogP contribution < -0.4 is 10.1 Å². The number of hydrogen-bond donors (Lipinski definition) is 1. The maximum Gasteiger partial charge on any atom is 0.265 e.